The second kappa shape index (κ2) is 5.14. The molecule has 4 nitrogen and oxygen atoms in total. The topological polar surface area (TPSA) is 45.5 Å². The lowest BCUT2D eigenvalue weighted by Gasteiger charge is -2.36. The van der Waals surface area contributed by atoms with Gasteiger partial charge in [-0.1, -0.05) is 0 Å². The number of furan rings is 1. The summed E-state index contributed by atoms with van der Waals surface area (Å²) in [6, 6.07) is 1.93. The molecule has 1 fully saturated rings. The van der Waals surface area contributed by atoms with E-state index in [0.717, 1.165) is 37.3 Å². The molecule has 1 aromatic rings. The van der Waals surface area contributed by atoms with Gasteiger partial charge in [-0.2, -0.15) is 0 Å². The smallest absolute Gasteiger partial charge is 0.229 e. The fourth-order valence-electron chi connectivity index (χ4n) is 2.60. The van der Waals surface area contributed by atoms with Gasteiger partial charge in [-0.05, 0) is 39.3 Å². The van der Waals surface area contributed by atoms with Crippen molar-refractivity contribution in [3.63, 3.8) is 0 Å². The summed E-state index contributed by atoms with van der Waals surface area (Å²) in [7, 11) is 1.87. The number of carbonyl (C=O) groups is 1. The van der Waals surface area contributed by atoms with Gasteiger partial charge in [-0.15, -0.1) is 0 Å². The highest BCUT2D eigenvalue weighted by Crippen LogP contribution is 2.28. The molecule has 1 aliphatic heterocycles. The summed E-state index contributed by atoms with van der Waals surface area (Å²) in [6.07, 6.45) is 3.71. The van der Waals surface area contributed by atoms with E-state index in [1.165, 1.54) is 0 Å². The normalized spacial score (nSPS) is 23.9. The number of nitrogens with one attached hydrogen (secondary N) is 1. The van der Waals surface area contributed by atoms with Gasteiger partial charge in [-0.3, -0.25) is 4.79 Å². The van der Waals surface area contributed by atoms with E-state index in [1.54, 1.807) is 6.26 Å². The summed E-state index contributed by atoms with van der Waals surface area (Å²) in [6.45, 7) is 6.41. The number of nitrogens with zero attached hydrogens (tertiary/aromatic N) is 1. The largest absolute Gasteiger partial charge is 0.469 e. The number of amides is 1. The van der Waals surface area contributed by atoms with E-state index in [0.29, 0.717) is 6.54 Å². The van der Waals surface area contributed by atoms with Crippen molar-refractivity contribution in [3.8, 4) is 0 Å². The molecule has 2 rings (SSSR count). The van der Waals surface area contributed by atoms with Crippen LogP contribution in [0.3, 0.4) is 0 Å². The van der Waals surface area contributed by atoms with Crippen molar-refractivity contribution in [1.29, 1.82) is 0 Å². The molecule has 2 heterocycles. The van der Waals surface area contributed by atoms with Crippen LogP contribution in [0.15, 0.2) is 16.7 Å². The van der Waals surface area contributed by atoms with E-state index in [4.69, 9.17) is 4.42 Å². The van der Waals surface area contributed by atoms with E-state index < -0.39 is 0 Å². The third-order valence-corrected chi connectivity index (χ3v) is 3.83. The molecule has 1 unspecified atom stereocenters. The average molecular weight is 250 g/mol. The Morgan fingerprint density at radius 1 is 1.61 bits per heavy atom. The van der Waals surface area contributed by atoms with E-state index in [1.807, 2.05) is 24.9 Å². The fourth-order valence-corrected chi connectivity index (χ4v) is 2.60. The zero-order valence-corrected chi connectivity index (χ0v) is 11.5. The van der Waals surface area contributed by atoms with Gasteiger partial charge in [0.2, 0.25) is 5.91 Å². The Hall–Kier alpha value is -1.29. The molecule has 0 aliphatic carbocycles. The van der Waals surface area contributed by atoms with Gasteiger partial charge >= 0.3 is 0 Å². The van der Waals surface area contributed by atoms with Crippen molar-refractivity contribution in [2.45, 2.75) is 33.2 Å². The zero-order valence-electron chi connectivity index (χ0n) is 11.5. The number of piperidine rings is 1. The fraction of sp³-hybridized carbons (Fsp3) is 0.643. The van der Waals surface area contributed by atoms with Gasteiger partial charge < -0.3 is 14.6 Å². The van der Waals surface area contributed by atoms with Crippen LogP contribution < -0.4 is 5.32 Å². The minimum absolute atomic E-state index is 0.218. The van der Waals surface area contributed by atoms with Gasteiger partial charge in [0.15, 0.2) is 0 Å². The molecule has 0 spiro atoms. The first-order valence-corrected chi connectivity index (χ1v) is 6.52. The van der Waals surface area contributed by atoms with Crippen LogP contribution in [0, 0.1) is 12.3 Å². The van der Waals surface area contributed by atoms with Crippen LogP contribution in [0.1, 0.15) is 31.1 Å². The van der Waals surface area contributed by atoms with Crippen molar-refractivity contribution in [2.24, 2.45) is 5.41 Å². The molecule has 1 aromatic heterocycles. The highest BCUT2D eigenvalue weighted by molar-refractivity contribution is 5.82. The summed E-state index contributed by atoms with van der Waals surface area (Å²) in [5.74, 6) is 1.11. The number of hydrogen-bond acceptors (Lipinski definition) is 3. The molecule has 1 atom stereocenters. The third-order valence-electron chi connectivity index (χ3n) is 3.83. The van der Waals surface area contributed by atoms with E-state index in [2.05, 4.69) is 12.2 Å². The third kappa shape index (κ3) is 2.58. The molecular weight excluding hydrogens is 228 g/mol. The SMILES string of the molecule is Cc1occc1CN(C)C(=O)C1(C)CCCNC1. The minimum Gasteiger partial charge on any atom is -0.469 e. The molecule has 1 aliphatic rings. The van der Waals surface area contributed by atoms with Crippen molar-refractivity contribution >= 4 is 5.91 Å². The second-order valence-electron chi connectivity index (χ2n) is 5.50. The van der Waals surface area contributed by atoms with Crippen LogP contribution in [-0.2, 0) is 11.3 Å². The summed E-state index contributed by atoms with van der Waals surface area (Å²) in [5.41, 5.74) is 0.822. The highest BCUT2D eigenvalue weighted by Gasteiger charge is 2.36. The summed E-state index contributed by atoms with van der Waals surface area (Å²) < 4.78 is 5.27. The van der Waals surface area contributed by atoms with Crippen LogP contribution >= 0.6 is 0 Å². The van der Waals surface area contributed by atoms with E-state index in [-0.39, 0.29) is 11.3 Å². The Bertz CT molecular complexity index is 419. The number of aryl methyl sites for hydroxylation is 1. The average Bonchev–Trinajstić information content (AvgIpc) is 2.75. The molecular formula is C14H22N2O2. The maximum Gasteiger partial charge on any atom is 0.229 e. The zero-order chi connectivity index (χ0) is 13.2. The van der Waals surface area contributed by atoms with Gasteiger partial charge in [0, 0.05) is 25.7 Å². The molecule has 0 saturated carbocycles. The molecule has 100 valence electrons. The first-order chi connectivity index (χ1) is 8.53. The van der Waals surface area contributed by atoms with Crippen molar-refractivity contribution in [2.75, 3.05) is 20.1 Å². The van der Waals surface area contributed by atoms with Gasteiger partial charge in [0.05, 0.1) is 11.7 Å². The highest BCUT2D eigenvalue weighted by atomic mass is 16.3. The van der Waals surface area contributed by atoms with E-state index >= 15 is 0 Å². The maximum absolute atomic E-state index is 12.5. The minimum atomic E-state index is -0.259. The quantitative estimate of drug-likeness (QED) is 0.891. The summed E-state index contributed by atoms with van der Waals surface area (Å²) in [4.78, 5) is 14.3. The van der Waals surface area contributed by atoms with Crippen molar-refractivity contribution in [3.05, 3.63) is 23.7 Å². The van der Waals surface area contributed by atoms with Gasteiger partial charge in [0.25, 0.3) is 0 Å². The van der Waals surface area contributed by atoms with Crippen LogP contribution in [-0.4, -0.2) is 30.9 Å². The lowest BCUT2D eigenvalue weighted by Crippen LogP contribution is -2.48. The lowest BCUT2D eigenvalue weighted by atomic mass is 9.81. The lowest BCUT2D eigenvalue weighted by molar-refractivity contribution is -0.141. The van der Waals surface area contributed by atoms with Gasteiger partial charge in [-0.25, -0.2) is 0 Å². The molecule has 0 aromatic carbocycles. The van der Waals surface area contributed by atoms with Gasteiger partial charge in [0.1, 0.15) is 5.76 Å². The van der Waals surface area contributed by atoms with Crippen LogP contribution in [0.4, 0.5) is 0 Å². The first kappa shape index (κ1) is 13.1. The predicted octanol–water partition coefficient (Wildman–Crippen LogP) is 1.94. The van der Waals surface area contributed by atoms with Crippen molar-refractivity contribution in [1.82, 2.24) is 10.2 Å². The Labute approximate surface area is 108 Å². The molecule has 0 bridgehead atoms. The van der Waals surface area contributed by atoms with Crippen LogP contribution in [0.5, 0.6) is 0 Å². The Morgan fingerprint density at radius 2 is 2.39 bits per heavy atom. The first-order valence-electron chi connectivity index (χ1n) is 6.52. The standard InChI is InChI=1S/C14H22N2O2/c1-11-12(5-8-18-11)9-16(3)13(17)14(2)6-4-7-15-10-14/h5,8,15H,4,6-7,9-10H2,1-3H3. The molecule has 1 saturated heterocycles. The number of carbonyl (C=O) groups excluding carboxylic acids is 1. The van der Waals surface area contributed by atoms with Crippen molar-refractivity contribution < 1.29 is 9.21 Å². The number of hydrogen-bond donors (Lipinski definition) is 1. The Morgan fingerprint density at radius 3 is 2.94 bits per heavy atom. The Balaban J connectivity index is 2.02. The van der Waals surface area contributed by atoms with Crippen LogP contribution in [0.25, 0.3) is 0 Å². The number of rotatable bonds is 3. The molecule has 18 heavy (non-hydrogen) atoms. The Kier molecular flexibility index (Phi) is 3.76. The monoisotopic (exact) mass is 250 g/mol. The predicted molar refractivity (Wildman–Crippen MR) is 70.1 cm³/mol. The summed E-state index contributed by atoms with van der Waals surface area (Å²) in [5, 5.41) is 3.32. The molecule has 4 heteroatoms. The molecule has 1 N–H and O–H groups in total. The molecule has 0 radical (unpaired) electrons. The maximum atomic E-state index is 12.5. The summed E-state index contributed by atoms with van der Waals surface area (Å²) >= 11 is 0. The second-order valence-corrected chi connectivity index (χ2v) is 5.50. The van der Waals surface area contributed by atoms with E-state index in [9.17, 15) is 4.79 Å². The van der Waals surface area contributed by atoms with Crippen LogP contribution in [0.2, 0.25) is 0 Å². The molecule has 1 amide bonds.